The van der Waals surface area contributed by atoms with E-state index < -0.39 is 52.8 Å². The second kappa shape index (κ2) is 17.2. The van der Waals surface area contributed by atoms with Crippen LogP contribution in [0, 0.1) is 0 Å². The molecule has 5 rings (SSSR count). The molecule has 2 aromatic carbocycles. The van der Waals surface area contributed by atoms with E-state index in [1.165, 1.54) is 14.1 Å². The maximum atomic E-state index is 11.4. The first kappa shape index (κ1) is 47.0. The third kappa shape index (κ3) is 12.1. The first-order chi connectivity index (χ1) is 24.5. The van der Waals surface area contributed by atoms with Crippen LogP contribution >= 0.6 is 15.9 Å². The van der Waals surface area contributed by atoms with Crippen LogP contribution in [0.25, 0.3) is 0 Å². The summed E-state index contributed by atoms with van der Waals surface area (Å²) in [6, 6.07) is 15.0. The van der Waals surface area contributed by atoms with Gasteiger partial charge in [-0.2, -0.15) is 26.3 Å². The fraction of sp³-hybridized carbons (Fsp3) is 0.647. The van der Waals surface area contributed by atoms with E-state index in [0.717, 1.165) is 21.1 Å². The van der Waals surface area contributed by atoms with Gasteiger partial charge >= 0.3 is 21.1 Å². The van der Waals surface area contributed by atoms with Crippen LogP contribution in [0.1, 0.15) is 94.2 Å². The Balaban J connectivity index is 0.000000224. The molecule has 20 heteroatoms. The number of nitrogens with one attached hydrogen (secondary N) is 4. The highest BCUT2D eigenvalue weighted by Crippen LogP contribution is 2.43. The molecule has 4 N–H and O–H groups in total. The van der Waals surface area contributed by atoms with Crippen LogP contribution in [-0.2, 0) is 61.4 Å². The van der Waals surface area contributed by atoms with E-state index in [2.05, 4.69) is 34.8 Å². The monoisotopic (exact) mass is 858 g/mol. The Morgan fingerprint density at radius 3 is 1.22 bits per heavy atom. The van der Waals surface area contributed by atoms with E-state index in [9.17, 15) is 16.8 Å². The maximum Gasteiger partial charge on any atom is 0.494 e. The Morgan fingerprint density at radius 1 is 0.537 bits per heavy atom. The molecular formula is C34H58B3BrN4O10S2. The maximum absolute atomic E-state index is 11.4. The van der Waals surface area contributed by atoms with Crippen molar-refractivity contribution in [1.29, 1.82) is 0 Å². The van der Waals surface area contributed by atoms with Crippen LogP contribution in [0.4, 0.5) is 0 Å². The molecule has 302 valence electrons. The minimum atomic E-state index is -3.45. The van der Waals surface area contributed by atoms with Gasteiger partial charge in [0.1, 0.15) is 0 Å². The molecule has 3 aliphatic rings. The lowest BCUT2D eigenvalue weighted by Crippen LogP contribution is -2.41. The minimum absolute atomic E-state index is 0.205. The van der Waals surface area contributed by atoms with E-state index in [4.69, 9.17) is 27.9 Å². The third-order valence-corrected chi connectivity index (χ3v) is 13.2. The molecule has 0 aliphatic carbocycles. The largest absolute Gasteiger partial charge is 0.494 e. The molecule has 14 nitrogen and oxygen atoms in total. The highest BCUT2D eigenvalue weighted by molar-refractivity contribution is 9.10. The quantitative estimate of drug-likeness (QED) is 0.258. The van der Waals surface area contributed by atoms with Crippen molar-refractivity contribution in [1.82, 2.24) is 18.9 Å². The van der Waals surface area contributed by atoms with Crippen molar-refractivity contribution in [2.24, 2.45) is 0 Å². The summed E-state index contributed by atoms with van der Waals surface area (Å²) in [4.78, 5) is 0. The topological polar surface area (TPSA) is 172 Å². The first-order valence-electron chi connectivity index (χ1n) is 17.7. The van der Waals surface area contributed by atoms with Crippen LogP contribution in [0.15, 0.2) is 53.0 Å². The van der Waals surface area contributed by atoms with E-state index in [1.54, 1.807) is 0 Å². The van der Waals surface area contributed by atoms with E-state index in [0.29, 0.717) is 0 Å². The zero-order chi connectivity index (χ0) is 41.2. The Bertz CT molecular complexity index is 1730. The molecule has 0 unspecified atom stereocenters. The molecule has 0 bridgehead atoms. The Labute approximate surface area is 333 Å². The summed E-state index contributed by atoms with van der Waals surface area (Å²) in [7, 11) is -5.47. The van der Waals surface area contributed by atoms with Gasteiger partial charge in [0.05, 0.1) is 33.6 Å². The van der Waals surface area contributed by atoms with Crippen molar-refractivity contribution < 1.29 is 44.8 Å². The molecule has 3 saturated heterocycles. The number of hydrogen-bond acceptors (Lipinski definition) is 10. The SMILES string of the molecule is CC1(C)OB(B2OC(C)(C)C(C)(C)O2)OC1(C)C.CNS(=O)(=O)NCc1cccc(B2OC(C)(C)C(C)(C)O2)c1.CNS(=O)(=O)NCc1cccc(Br)c1. The lowest BCUT2D eigenvalue weighted by atomic mass is 9.49. The van der Waals surface area contributed by atoms with Crippen LogP contribution in [0.2, 0.25) is 0 Å². The molecule has 54 heavy (non-hydrogen) atoms. The number of hydrogen-bond donors (Lipinski definition) is 4. The molecule has 0 spiro atoms. The van der Waals surface area contributed by atoms with Crippen molar-refractivity contribution in [3.8, 4) is 0 Å². The number of rotatable bonds is 10. The molecule has 0 radical (unpaired) electrons. The molecule has 3 aliphatic heterocycles. The summed E-state index contributed by atoms with van der Waals surface area (Å²) in [5, 5.41) is 0. The molecule has 0 atom stereocenters. The molecule has 3 heterocycles. The van der Waals surface area contributed by atoms with Gasteiger partial charge in [0.25, 0.3) is 20.4 Å². The van der Waals surface area contributed by atoms with Gasteiger partial charge in [-0.1, -0.05) is 52.3 Å². The van der Waals surface area contributed by atoms with Crippen LogP contribution < -0.4 is 24.4 Å². The summed E-state index contributed by atoms with van der Waals surface area (Å²) in [6.45, 7) is 24.7. The summed E-state index contributed by atoms with van der Waals surface area (Å²) < 4.78 is 90.9. The summed E-state index contributed by atoms with van der Waals surface area (Å²) in [5.41, 5.74) is 0.373. The Hall–Kier alpha value is -1.39. The Kier molecular flexibility index (Phi) is 15.0. The smallest absolute Gasteiger partial charge is 0.405 e. The highest BCUT2D eigenvalue weighted by Gasteiger charge is 2.63. The van der Waals surface area contributed by atoms with Crippen molar-refractivity contribution in [2.75, 3.05) is 14.1 Å². The normalized spacial score (nSPS) is 21.9. The Morgan fingerprint density at radius 2 is 0.870 bits per heavy atom. The van der Waals surface area contributed by atoms with Gasteiger partial charge in [-0.25, -0.2) is 9.44 Å². The number of halogens is 1. The average Bonchev–Trinajstić information content (AvgIpc) is 3.53. The highest BCUT2D eigenvalue weighted by atomic mass is 79.9. The first-order valence-corrected chi connectivity index (χ1v) is 21.5. The second-order valence-corrected chi connectivity index (χ2v) is 20.6. The predicted octanol–water partition coefficient (Wildman–Crippen LogP) is 3.79. The number of benzene rings is 2. The van der Waals surface area contributed by atoms with Gasteiger partial charge in [0.15, 0.2) is 0 Å². The summed E-state index contributed by atoms with van der Waals surface area (Å²) >= 11 is 3.31. The summed E-state index contributed by atoms with van der Waals surface area (Å²) in [5.74, 6) is 0. The third-order valence-electron chi connectivity index (χ3n) is 10.6. The van der Waals surface area contributed by atoms with Crippen molar-refractivity contribution in [2.45, 2.75) is 130 Å². The lowest BCUT2D eigenvalue weighted by Gasteiger charge is -2.32. The average molecular weight is 859 g/mol. The predicted molar refractivity (Wildman–Crippen MR) is 218 cm³/mol. The van der Waals surface area contributed by atoms with Crippen LogP contribution in [0.5, 0.6) is 0 Å². The molecular weight excluding hydrogens is 801 g/mol. The lowest BCUT2D eigenvalue weighted by molar-refractivity contribution is 0.00578. The molecule has 2 aromatic rings. The van der Waals surface area contributed by atoms with Crippen LogP contribution in [-0.4, -0.2) is 85.7 Å². The molecule has 3 fully saturated rings. The standard InChI is InChI=1S/C14H23BN2O4S.C12H24B2O4.C8H11BrN2O2S/c1-13(2)14(3,4)21-15(20-13)12-8-6-7-11(9-12)10-17-22(18,19)16-5;1-9(2)10(3,4)16-13(15-9)14-17-11(5,6)12(7,8)18-14;1-10-14(12,13)11-6-7-3-2-4-8(9)5-7/h6-9,16-17H,10H2,1-5H3;1-8H3;2-5,10-11H,6H2,1H3. The van der Waals surface area contributed by atoms with Gasteiger partial charge < -0.3 is 27.9 Å². The van der Waals surface area contributed by atoms with Gasteiger partial charge in [-0.15, -0.1) is 0 Å². The van der Waals surface area contributed by atoms with Crippen molar-refractivity contribution in [3.05, 3.63) is 64.1 Å². The molecule has 0 aromatic heterocycles. The minimum Gasteiger partial charge on any atom is -0.405 e. The van der Waals surface area contributed by atoms with E-state index in [1.807, 2.05) is 132 Å². The second-order valence-electron chi connectivity index (χ2n) is 16.3. The van der Waals surface area contributed by atoms with E-state index in [-0.39, 0.29) is 35.5 Å². The zero-order valence-corrected chi connectivity index (χ0v) is 37.3. The van der Waals surface area contributed by atoms with Crippen molar-refractivity contribution in [3.63, 3.8) is 0 Å². The van der Waals surface area contributed by atoms with E-state index >= 15 is 0 Å². The zero-order valence-electron chi connectivity index (χ0n) is 34.0. The fourth-order valence-corrected chi connectivity index (χ4v) is 6.42. The van der Waals surface area contributed by atoms with Crippen molar-refractivity contribution >= 4 is 62.9 Å². The van der Waals surface area contributed by atoms with Gasteiger partial charge in [0.2, 0.25) is 0 Å². The molecule has 0 amide bonds. The van der Waals surface area contributed by atoms with Gasteiger partial charge in [-0.05, 0) is 112 Å². The van der Waals surface area contributed by atoms with Gasteiger partial charge in [-0.3, -0.25) is 0 Å². The summed E-state index contributed by atoms with van der Waals surface area (Å²) in [6.07, 6.45) is 0. The fourth-order valence-electron chi connectivity index (χ4n) is 4.98. The van der Waals surface area contributed by atoms with Crippen LogP contribution in [0.3, 0.4) is 0 Å². The molecule has 0 saturated carbocycles. The van der Waals surface area contributed by atoms with Gasteiger partial charge in [0, 0.05) is 31.7 Å².